The maximum Gasteiger partial charge on any atom is 0.0431 e. The van der Waals surface area contributed by atoms with E-state index in [1.165, 1.54) is 83.5 Å². The molecule has 0 aromatic carbocycles. The van der Waals surface area contributed by atoms with Gasteiger partial charge < -0.3 is 5.11 Å². The molecular weight excluding hydrogens is 240 g/mol. The second-order valence-corrected chi connectivity index (χ2v) is 5.79. The monoisotopic (exact) mass is 273 g/mol. The van der Waals surface area contributed by atoms with E-state index in [0.717, 1.165) is 12.2 Å². The smallest absolute Gasteiger partial charge is 0.0431 e. The van der Waals surface area contributed by atoms with Crippen LogP contribution in [0.3, 0.4) is 0 Å². The fourth-order valence-electron chi connectivity index (χ4n) is 2.34. The maximum absolute atomic E-state index is 8.65. The lowest BCUT2D eigenvalue weighted by atomic mass is 10.0. The van der Waals surface area contributed by atoms with Crippen molar-refractivity contribution in [3.63, 3.8) is 0 Å². The van der Waals surface area contributed by atoms with Crippen molar-refractivity contribution in [1.82, 2.24) is 0 Å². The Morgan fingerprint density at radius 1 is 0.444 bits per heavy atom. The predicted molar refractivity (Wildman–Crippen MR) is 84.2 cm³/mol. The SMILES string of the molecule is OCCCCCCCCCCCCCCCC[S]. The van der Waals surface area contributed by atoms with Gasteiger partial charge in [0.05, 0.1) is 0 Å². The largest absolute Gasteiger partial charge is 0.396 e. The Labute approximate surface area is 120 Å². The van der Waals surface area contributed by atoms with Gasteiger partial charge in [0, 0.05) is 12.4 Å². The fourth-order valence-corrected chi connectivity index (χ4v) is 2.54. The minimum Gasteiger partial charge on any atom is -0.396 e. The molecule has 0 unspecified atom stereocenters. The van der Waals surface area contributed by atoms with Crippen molar-refractivity contribution in [2.75, 3.05) is 12.4 Å². The van der Waals surface area contributed by atoms with E-state index < -0.39 is 0 Å². The molecular formula is C16H33OS. The van der Waals surface area contributed by atoms with E-state index in [0.29, 0.717) is 6.61 Å². The van der Waals surface area contributed by atoms with Gasteiger partial charge >= 0.3 is 0 Å². The summed E-state index contributed by atoms with van der Waals surface area (Å²) in [5.41, 5.74) is 0. The summed E-state index contributed by atoms with van der Waals surface area (Å²) >= 11 is 4.93. The van der Waals surface area contributed by atoms with Gasteiger partial charge in [-0.3, -0.25) is 0 Å². The van der Waals surface area contributed by atoms with Crippen molar-refractivity contribution in [1.29, 1.82) is 0 Å². The molecule has 0 atom stereocenters. The van der Waals surface area contributed by atoms with Crippen molar-refractivity contribution in [3.05, 3.63) is 0 Å². The first kappa shape index (κ1) is 18.3. The Balaban J connectivity index is 2.86. The van der Waals surface area contributed by atoms with Crippen LogP contribution in [-0.2, 0) is 0 Å². The fraction of sp³-hybridized carbons (Fsp3) is 1.00. The van der Waals surface area contributed by atoms with E-state index in [2.05, 4.69) is 0 Å². The van der Waals surface area contributed by atoms with Gasteiger partial charge in [-0.15, -0.1) is 0 Å². The number of hydrogen-bond acceptors (Lipinski definition) is 1. The topological polar surface area (TPSA) is 20.2 Å². The van der Waals surface area contributed by atoms with Crippen LogP contribution >= 0.6 is 12.6 Å². The molecule has 0 aliphatic heterocycles. The maximum atomic E-state index is 8.65. The molecule has 1 radical (unpaired) electrons. The van der Waals surface area contributed by atoms with E-state index in [-0.39, 0.29) is 0 Å². The first-order valence-electron chi connectivity index (χ1n) is 8.10. The van der Waals surface area contributed by atoms with Crippen LogP contribution in [0, 0.1) is 0 Å². The zero-order chi connectivity index (χ0) is 13.3. The lowest BCUT2D eigenvalue weighted by Crippen LogP contribution is -1.85. The van der Waals surface area contributed by atoms with Gasteiger partial charge in [-0.05, 0) is 12.8 Å². The number of aliphatic hydroxyl groups excluding tert-OH is 1. The summed E-state index contributed by atoms with van der Waals surface area (Å²) in [5.74, 6) is 0.943. The Morgan fingerprint density at radius 2 is 0.722 bits per heavy atom. The number of hydrogen-bond donors (Lipinski definition) is 1. The second kappa shape index (κ2) is 17.3. The van der Waals surface area contributed by atoms with E-state index in [4.69, 9.17) is 17.7 Å². The molecule has 0 saturated heterocycles. The third kappa shape index (κ3) is 16.3. The quantitative estimate of drug-likeness (QED) is 0.383. The molecule has 109 valence electrons. The molecule has 1 nitrogen and oxygen atoms in total. The molecule has 0 rings (SSSR count). The third-order valence-electron chi connectivity index (χ3n) is 3.55. The van der Waals surface area contributed by atoms with Crippen LogP contribution in [0.1, 0.15) is 89.9 Å². The molecule has 0 bridgehead atoms. The summed E-state index contributed by atoms with van der Waals surface area (Å²) in [6.45, 7) is 0.368. The Kier molecular flexibility index (Phi) is 17.6. The Hall–Kier alpha value is 0.310. The summed E-state index contributed by atoms with van der Waals surface area (Å²) in [5, 5.41) is 8.65. The molecule has 1 N–H and O–H groups in total. The van der Waals surface area contributed by atoms with Crippen LogP contribution in [0.25, 0.3) is 0 Å². The Morgan fingerprint density at radius 3 is 1.00 bits per heavy atom. The van der Waals surface area contributed by atoms with Crippen molar-refractivity contribution in [2.24, 2.45) is 0 Å². The normalized spacial score (nSPS) is 11.0. The minimum atomic E-state index is 0.368. The number of aliphatic hydroxyl groups is 1. The van der Waals surface area contributed by atoms with Crippen LogP contribution in [-0.4, -0.2) is 17.5 Å². The highest BCUT2D eigenvalue weighted by Crippen LogP contribution is 2.12. The van der Waals surface area contributed by atoms with Crippen molar-refractivity contribution < 1.29 is 5.11 Å². The zero-order valence-corrected chi connectivity index (χ0v) is 13.0. The highest BCUT2D eigenvalue weighted by Gasteiger charge is 1.93. The van der Waals surface area contributed by atoms with E-state index in [1.807, 2.05) is 0 Å². The summed E-state index contributed by atoms with van der Waals surface area (Å²) < 4.78 is 0. The molecule has 0 saturated carbocycles. The van der Waals surface area contributed by atoms with Crippen molar-refractivity contribution >= 4 is 12.6 Å². The number of rotatable bonds is 15. The third-order valence-corrected chi connectivity index (χ3v) is 3.84. The zero-order valence-electron chi connectivity index (χ0n) is 12.2. The minimum absolute atomic E-state index is 0.368. The van der Waals surface area contributed by atoms with Gasteiger partial charge in [0.15, 0.2) is 0 Å². The van der Waals surface area contributed by atoms with Gasteiger partial charge in [0.2, 0.25) is 0 Å². The van der Waals surface area contributed by atoms with E-state index >= 15 is 0 Å². The molecule has 0 aliphatic rings. The lowest BCUT2D eigenvalue weighted by Gasteiger charge is -2.02. The van der Waals surface area contributed by atoms with Crippen LogP contribution in [0.4, 0.5) is 0 Å². The van der Waals surface area contributed by atoms with Crippen LogP contribution in [0.15, 0.2) is 0 Å². The van der Waals surface area contributed by atoms with Gasteiger partial charge in [0.1, 0.15) is 0 Å². The average Bonchev–Trinajstić information content (AvgIpc) is 2.39. The van der Waals surface area contributed by atoms with Crippen LogP contribution in [0.5, 0.6) is 0 Å². The van der Waals surface area contributed by atoms with Gasteiger partial charge in [-0.25, -0.2) is 0 Å². The lowest BCUT2D eigenvalue weighted by molar-refractivity contribution is 0.282. The summed E-state index contributed by atoms with van der Waals surface area (Å²) in [4.78, 5) is 0. The predicted octanol–water partition coefficient (Wildman–Crippen LogP) is 5.64. The first-order chi connectivity index (χ1) is 8.91. The molecule has 0 aromatic rings. The van der Waals surface area contributed by atoms with Crippen LogP contribution < -0.4 is 0 Å². The molecule has 18 heavy (non-hydrogen) atoms. The van der Waals surface area contributed by atoms with E-state index in [1.54, 1.807) is 0 Å². The summed E-state index contributed by atoms with van der Waals surface area (Å²) in [6.07, 6.45) is 18.8. The van der Waals surface area contributed by atoms with Gasteiger partial charge in [-0.1, -0.05) is 89.7 Å². The first-order valence-corrected chi connectivity index (χ1v) is 8.68. The second-order valence-electron chi connectivity index (χ2n) is 5.38. The van der Waals surface area contributed by atoms with Crippen molar-refractivity contribution in [3.8, 4) is 0 Å². The summed E-state index contributed by atoms with van der Waals surface area (Å²) in [6, 6.07) is 0. The molecule has 0 spiro atoms. The average molecular weight is 274 g/mol. The highest BCUT2D eigenvalue weighted by molar-refractivity contribution is 7.80. The molecule has 0 fully saturated rings. The molecule has 0 amide bonds. The highest BCUT2D eigenvalue weighted by atomic mass is 32.1. The van der Waals surface area contributed by atoms with Crippen molar-refractivity contribution in [2.45, 2.75) is 89.9 Å². The molecule has 0 heterocycles. The number of unbranched alkanes of at least 4 members (excludes halogenated alkanes) is 13. The van der Waals surface area contributed by atoms with Gasteiger partial charge in [0.25, 0.3) is 0 Å². The standard InChI is InChI=1S/C16H33OS/c17-15-13-11-9-7-5-3-1-2-4-6-8-10-12-14-16-18/h17H,1-16H2. The summed E-state index contributed by atoms with van der Waals surface area (Å²) in [7, 11) is 0. The van der Waals surface area contributed by atoms with E-state index in [9.17, 15) is 0 Å². The van der Waals surface area contributed by atoms with Crippen LogP contribution in [0.2, 0.25) is 0 Å². The Bertz CT molecular complexity index is 123. The molecule has 0 aromatic heterocycles. The molecule has 2 heteroatoms. The molecule has 0 aliphatic carbocycles. The van der Waals surface area contributed by atoms with Gasteiger partial charge in [-0.2, -0.15) is 0 Å².